The predicted molar refractivity (Wildman–Crippen MR) is 128 cm³/mol. The van der Waals surface area contributed by atoms with Gasteiger partial charge in [-0.05, 0) is 44.7 Å². The Morgan fingerprint density at radius 2 is 2.09 bits per heavy atom. The monoisotopic (exact) mass is 463 g/mol. The van der Waals surface area contributed by atoms with E-state index in [-0.39, 0.29) is 12.0 Å². The second kappa shape index (κ2) is 8.78. The molecule has 1 atom stereocenters. The molecule has 170 valence electrons. The third-order valence-electron chi connectivity index (χ3n) is 5.73. The Labute approximate surface area is 195 Å². The highest BCUT2D eigenvalue weighted by molar-refractivity contribution is 7.17. The van der Waals surface area contributed by atoms with Gasteiger partial charge in [0, 0.05) is 6.54 Å². The molecule has 1 aliphatic carbocycles. The van der Waals surface area contributed by atoms with Crippen molar-refractivity contribution >= 4 is 45.4 Å². The van der Waals surface area contributed by atoms with Gasteiger partial charge in [-0.2, -0.15) is 9.97 Å². The van der Waals surface area contributed by atoms with Crippen LogP contribution in [0.1, 0.15) is 52.8 Å². The summed E-state index contributed by atoms with van der Waals surface area (Å²) >= 11 is 1.22. The second-order valence-corrected chi connectivity index (χ2v) is 8.81. The van der Waals surface area contributed by atoms with Crippen LogP contribution < -0.4 is 10.6 Å². The molecule has 0 bridgehead atoms. The first-order valence-corrected chi connectivity index (χ1v) is 11.9. The minimum Gasteiger partial charge on any atom is -0.462 e. The van der Waals surface area contributed by atoms with E-state index in [9.17, 15) is 4.79 Å². The van der Waals surface area contributed by atoms with E-state index in [1.54, 1.807) is 20.2 Å². The molecule has 0 radical (unpaired) electrons. The number of carbonyl (C=O) groups excluding carboxylic acids is 1. The molecule has 0 fully saturated rings. The lowest BCUT2D eigenvalue weighted by Gasteiger charge is -2.17. The molecule has 2 N–H and O–H groups in total. The van der Waals surface area contributed by atoms with Gasteiger partial charge in [0.25, 0.3) is 0 Å². The molecule has 0 unspecified atom stereocenters. The van der Waals surface area contributed by atoms with Crippen LogP contribution in [-0.4, -0.2) is 37.1 Å². The SMILES string of the molecule is CCOC(=O)c1sc(Nc2nc(N[C@H]3CCc4ccccc43)c3c(ncn3CC)n2)nc1C. The third-order valence-corrected chi connectivity index (χ3v) is 6.79. The maximum Gasteiger partial charge on any atom is 0.350 e. The fraction of sp³-hybridized carbons (Fsp3) is 0.348. The van der Waals surface area contributed by atoms with Gasteiger partial charge in [0.15, 0.2) is 16.6 Å². The Kier molecular flexibility index (Phi) is 5.67. The zero-order valence-corrected chi connectivity index (χ0v) is 19.6. The number of esters is 1. The molecule has 0 saturated heterocycles. The zero-order chi connectivity index (χ0) is 22.9. The lowest BCUT2D eigenvalue weighted by atomic mass is 10.1. The smallest absolute Gasteiger partial charge is 0.350 e. The summed E-state index contributed by atoms with van der Waals surface area (Å²) in [6, 6.07) is 8.68. The number of aromatic nitrogens is 5. The van der Waals surface area contributed by atoms with Crippen molar-refractivity contribution < 1.29 is 9.53 Å². The molecule has 33 heavy (non-hydrogen) atoms. The number of hydrogen-bond acceptors (Lipinski definition) is 9. The van der Waals surface area contributed by atoms with Crippen molar-refractivity contribution in [1.29, 1.82) is 0 Å². The molecular weight excluding hydrogens is 438 g/mol. The van der Waals surface area contributed by atoms with Crippen LogP contribution in [0.25, 0.3) is 11.2 Å². The molecule has 10 heteroatoms. The standard InChI is InChI=1S/C23H25N7O2S/c1-4-30-12-24-19-17(30)20(26-16-11-10-14-8-6-7-9-15(14)16)28-22(27-19)29-23-25-13(3)18(33-23)21(31)32-5-2/h6-9,12,16H,4-5,10-11H2,1-3H3,(H2,25,26,27,28,29)/t16-/m0/s1. The van der Waals surface area contributed by atoms with E-state index in [0.717, 1.165) is 30.7 Å². The van der Waals surface area contributed by atoms with Crippen LogP contribution in [0.4, 0.5) is 16.9 Å². The topological polar surface area (TPSA) is 107 Å². The minimum absolute atomic E-state index is 0.171. The molecule has 0 amide bonds. The van der Waals surface area contributed by atoms with Crippen molar-refractivity contribution in [2.24, 2.45) is 0 Å². The average Bonchev–Trinajstić information content (AvgIpc) is 3.51. The number of nitrogens with zero attached hydrogens (tertiary/aromatic N) is 5. The van der Waals surface area contributed by atoms with E-state index in [2.05, 4.69) is 56.8 Å². The highest BCUT2D eigenvalue weighted by Crippen LogP contribution is 2.35. The molecule has 0 aliphatic heterocycles. The van der Waals surface area contributed by atoms with E-state index < -0.39 is 0 Å². The summed E-state index contributed by atoms with van der Waals surface area (Å²) in [7, 11) is 0. The molecule has 3 aromatic heterocycles. The predicted octanol–water partition coefficient (Wildman–Crippen LogP) is 4.63. The van der Waals surface area contributed by atoms with Crippen LogP contribution in [0, 0.1) is 6.92 Å². The molecule has 3 heterocycles. The number of ether oxygens (including phenoxy) is 1. The van der Waals surface area contributed by atoms with Crippen molar-refractivity contribution in [3.63, 3.8) is 0 Å². The van der Waals surface area contributed by atoms with Crippen molar-refractivity contribution in [3.8, 4) is 0 Å². The third kappa shape index (κ3) is 4.02. The first-order chi connectivity index (χ1) is 16.1. The van der Waals surface area contributed by atoms with Gasteiger partial charge in [0.05, 0.1) is 24.7 Å². The van der Waals surface area contributed by atoms with E-state index in [1.165, 1.54) is 22.5 Å². The average molecular weight is 464 g/mol. The molecule has 1 aliphatic rings. The number of fused-ring (bicyclic) bond motifs is 2. The maximum absolute atomic E-state index is 12.2. The molecule has 5 rings (SSSR count). The first-order valence-electron chi connectivity index (χ1n) is 11.1. The Morgan fingerprint density at radius 3 is 2.91 bits per heavy atom. The fourth-order valence-corrected chi connectivity index (χ4v) is 5.03. The number of aryl methyl sites for hydroxylation is 3. The Balaban J connectivity index is 1.49. The normalized spacial score (nSPS) is 14.9. The van der Waals surface area contributed by atoms with Crippen molar-refractivity contribution in [2.45, 2.75) is 46.2 Å². The van der Waals surface area contributed by atoms with Crippen LogP contribution in [0.3, 0.4) is 0 Å². The van der Waals surface area contributed by atoms with E-state index in [1.807, 2.05) is 4.57 Å². The number of rotatable bonds is 7. The van der Waals surface area contributed by atoms with Crippen LogP contribution in [0.15, 0.2) is 30.6 Å². The number of carbonyl (C=O) groups is 1. The Morgan fingerprint density at radius 1 is 1.24 bits per heavy atom. The quantitative estimate of drug-likeness (QED) is 0.382. The number of imidazole rings is 1. The maximum atomic E-state index is 12.2. The van der Waals surface area contributed by atoms with Gasteiger partial charge >= 0.3 is 5.97 Å². The number of benzene rings is 1. The molecule has 4 aromatic rings. The zero-order valence-electron chi connectivity index (χ0n) is 18.8. The summed E-state index contributed by atoms with van der Waals surface area (Å²) in [4.78, 5) is 31.0. The van der Waals surface area contributed by atoms with E-state index in [4.69, 9.17) is 9.72 Å². The summed E-state index contributed by atoms with van der Waals surface area (Å²) in [6.07, 6.45) is 3.82. The highest BCUT2D eigenvalue weighted by atomic mass is 32.1. The number of thiazole rings is 1. The summed E-state index contributed by atoms with van der Waals surface area (Å²) in [5.74, 6) is 0.727. The summed E-state index contributed by atoms with van der Waals surface area (Å²) in [5, 5.41) is 7.32. The minimum atomic E-state index is -0.374. The molecular formula is C23H25N7O2S. The Bertz CT molecular complexity index is 1330. The molecule has 1 aromatic carbocycles. The van der Waals surface area contributed by atoms with Crippen molar-refractivity contribution in [1.82, 2.24) is 24.5 Å². The van der Waals surface area contributed by atoms with Crippen LogP contribution in [0.5, 0.6) is 0 Å². The van der Waals surface area contributed by atoms with Crippen molar-refractivity contribution in [3.05, 3.63) is 52.3 Å². The van der Waals surface area contributed by atoms with Gasteiger partial charge in [-0.15, -0.1) is 0 Å². The summed E-state index contributed by atoms with van der Waals surface area (Å²) in [6.45, 7) is 6.71. The van der Waals surface area contributed by atoms with Crippen LogP contribution in [0.2, 0.25) is 0 Å². The van der Waals surface area contributed by atoms with E-state index in [0.29, 0.717) is 33.9 Å². The van der Waals surface area contributed by atoms with Crippen LogP contribution in [-0.2, 0) is 17.7 Å². The van der Waals surface area contributed by atoms with Crippen LogP contribution >= 0.6 is 11.3 Å². The number of anilines is 3. The number of hydrogen-bond donors (Lipinski definition) is 2. The number of nitrogens with one attached hydrogen (secondary N) is 2. The fourth-order valence-electron chi connectivity index (χ4n) is 4.18. The van der Waals surface area contributed by atoms with Crippen molar-refractivity contribution in [2.75, 3.05) is 17.2 Å². The van der Waals surface area contributed by atoms with Gasteiger partial charge in [0.1, 0.15) is 10.4 Å². The lowest BCUT2D eigenvalue weighted by Crippen LogP contribution is -2.11. The summed E-state index contributed by atoms with van der Waals surface area (Å²) < 4.78 is 7.15. The largest absolute Gasteiger partial charge is 0.462 e. The molecule has 9 nitrogen and oxygen atoms in total. The van der Waals surface area contributed by atoms with E-state index >= 15 is 0 Å². The van der Waals surface area contributed by atoms with Gasteiger partial charge in [-0.3, -0.25) is 5.32 Å². The van der Waals surface area contributed by atoms with Gasteiger partial charge in [-0.25, -0.2) is 14.8 Å². The van der Waals surface area contributed by atoms with Gasteiger partial charge < -0.3 is 14.6 Å². The molecule has 0 spiro atoms. The van der Waals surface area contributed by atoms with Gasteiger partial charge in [-0.1, -0.05) is 35.6 Å². The Hall–Kier alpha value is -3.53. The summed E-state index contributed by atoms with van der Waals surface area (Å²) in [5.41, 5.74) is 4.75. The highest BCUT2D eigenvalue weighted by Gasteiger charge is 2.24. The van der Waals surface area contributed by atoms with Gasteiger partial charge in [0.2, 0.25) is 5.95 Å². The first kappa shape index (κ1) is 21.3. The second-order valence-electron chi connectivity index (χ2n) is 7.81. The lowest BCUT2D eigenvalue weighted by molar-refractivity contribution is 0.0531. The molecule has 0 saturated carbocycles.